The predicted octanol–water partition coefficient (Wildman–Crippen LogP) is 7.41. The molecule has 8 N–H and O–H groups in total. The second-order valence-electron chi connectivity index (χ2n) is 32.2. The number of rotatable bonds is 15. The third kappa shape index (κ3) is 18.8. The van der Waals surface area contributed by atoms with E-state index in [1.54, 1.807) is 29.7 Å². The molecule has 7 aliphatic heterocycles. The summed E-state index contributed by atoms with van der Waals surface area (Å²) >= 11 is 8.17. The summed E-state index contributed by atoms with van der Waals surface area (Å²) in [6.07, 6.45) is 31.1. The molecule has 0 spiro atoms. The number of aromatic nitrogens is 13. The lowest BCUT2D eigenvalue weighted by molar-refractivity contribution is -0.751. The highest BCUT2D eigenvalue weighted by Gasteiger charge is 2.31. The highest BCUT2D eigenvalue weighted by atomic mass is 35.5. The summed E-state index contributed by atoms with van der Waals surface area (Å²) in [5, 5.41) is 54.3. The Kier molecular flexibility index (Phi) is 25.7. The van der Waals surface area contributed by atoms with Crippen molar-refractivity contribution in [2.24, 2.45) is 35.2 Å². The number of thiophene rings is 1. The van der Waals surface area contributed by atoms with Crippen LogP contribution in [-0.2, 0) is 81.1 Å². The standard InChI is InChI=1S/C19H24ClFN5.C19H26N5.C18H22FN6.C16H21N6O.C16H21N6S/c1-23-8-5-18-25(9-10-26(18)23)13-15-16(20)11-14(12-17(15)21)19(22)24-6-3-2-4-7-24;1-21-12-9-18-23(13-14-24(18)21)15-16-5-7-17(8-6-16)19(20)22-10-3-2-4-11-22;1-22-7-4-17-24(10-11-25(17)22)13-15-3-2-14(12-16(15)19)18(20)23-8-5-21-6-9-23;2*1-19-5-2-15-21(8-9-22(15)19)11-14-10-13(12-23-14)16(17)20-6-3-18-4-7-20/h5,8,11-12,22H,2-4,6-7,9-10,13H2,1H3;5-9,12,20H,2-4,10-11,13-15H2,1H3;2-4,7,10-12,20-21H,5-6,8-9,13H2,1H3;2*2,5,8-10,12,17-18H,3-4,6-7,11H2,1H3/q5*+1. The van der Waals surface area contributed by atoms with Gasteiger partial charge in [-0.05, 0) is 74.4 Å². The maximum absolute atomic E-state index is 14.8. The molecular weight excluding hydrogens is 1570 g/mol. The second kappa shape index (κ2) is 37.5. The van der Waals surface area contributed by atoms with Crippen LogP contribution in [0.1, 0.15) is 93.7 Å². The van der Waals surface area contributed by atoms with Crippen molar-refractivity contribution in [2.75, 3.05) is 128 Å². The lowest BCUT2D eigenvalue weighted by atomic mass is 10.1. The summed E-state index contributed by atoms with van der Waals surface area (Å²) < 4.78 is 62.5. The fourth-order valence-electron chi connectivity index (χ4n) is 17.2. The first-order chi connectivity index (χ1) is 58.8. The largest absolute Gasteiger partial charge is 0.464 e. The SMILES string of the molecule is C[n+]1ccc2n1CCN2Cc1c(F)cc(C(=N)N2CCCCC2)cc1Cl.C[n+]1ccc2n1CCN2Cc1ccc(C(=N)N2CCCCC2)cc1.Cn1ccc2n1cc[n+]2Cc1cc(C(=N)N2CCNCC2)co1.Cn1ccc2n1cc[n+]2Cc1cc(C(=N)N2CCNCC2)cs1.Cn1ccc2n1cc[n+]2Cc1ccc(C(=N)N2CCNCC2)cc1F. The molecule has 7 aliphatic rings. The van der Waals surface area contributed by atoms with E-state index >= 15 is 0 Å². The number of hydrogen-bond acceptors (Lipinski definition) is 12. The maximum atomic E-state index is 14.8. The number of anilines is 2. The molecule has 20 rings (SSSR count). The van der Waals surface area contributed by atoms with Gasteiger partial charge in [-0.1, -0.05) is 48.0 Å². The van der Waals surface area contributed by atoms with Crippen molar-refractivity contribution in [1.82, 2.24) is 77.4 Å². The van der Waals surface area contributed by atoms with Crippen molar-refractivity contribution >= 4 is 80.7 Å². The Bertz CT molecular complexity index is 5630. The molecule has 0 saturated carbocycles. The van der Waals surface area contributed by atoms with E-state index in [1.807, 2.05) is 129 Å². The van der Waals surface area contributed by atoms with Gasteiger partial charge in [0.25, 0.3) is 0 Å². The van der Waals surface area contributed by atoms with Crippen molar-refractivity contribution in [3.63, 3.8) is 0 Å². The summed E-state index contributed by atoms with van der Waals surface area (Å²) in [5.41, 5.74) is 9.87. The minimum atomic E-state index is -0.330. The third-order valence-corrected chi connectivity index (χ3v) is 25.5. The average Bonchev–Trinajstić information content (AvgIpc) is 1.65. The molecule has 10 aromatic heterocycles. The Hall–Kier alpha value is -11.7. The van der Waals surface area contributed by atoms with E-state index < -0.39 is 0 Å². The number of benzene rings is 3. The van der Waals surface area contributed by atoms with Gasteiger partial charge in [0.15, 0.2) is 56.7 Å². The van der Waals surface area contributed by atoms with Crippen molar-refractivity contribution < 1.29 is 36.3 Å². The highest BCUT2D eigenvalue weighted by Crippen LogP contribution is 2.30. The van der Waals surface area contributed by atoms with Gasteiger partial charge in [-0.2, -0.15) is 0 Å². The molecule has 634 valence electrons. The number of likely N-dealkylation sites (tertiary alicyclic amines) is 2. The first-order valence-electron chi connectivity index (χ1n) is 42.3. The molecule has 0 atom stereocenters. The molecule has 33 heteroatoms. The van der Waals surface area contributed by atoms with Crippen LogP contribution in [0.3, 0.4) is 0 Å². The van der Waals surface area contributed by atoms with Gasteiger partial charge in [-0.25, -0.2) is 36.5 Å². The van der Waals surface area contributed by atoms with Crippen molar-refractivity contribution in [3.8, 4) is 0 Å². The van der Waals surface area contributed by atoms with Crippen LogP contribution in [0.4, 0.5) is 20.4 Å². The van der Waals surface area contributed by atoms with Crippen LogP contribution < -0.4 is 48.8 Å². The first kappa shape index (κ1) is 83.0. The molecule has 5 saturated heterocycles. The van der Waals surface area contributed by atoms with Crippen LogP contribution in [0.2, 0.25) is 5.02 Å². The number of hydrogen-bond donors (Lipinski definition) is 8. The van der Waals surface area contributed by atoms with Gasteiger partial charge in [0.1, 0.15) is 91.1 Å². The summed E-state index contributed by atoms with van der Waals surface area (Å²) in [6.45, 7) is 21.6. The van der Waals surface area contributed by atoms with E-state index in [0.717, 1.165) is 196 Å². The smallest absolute Gasteiger partial charge is 0.307 e. The van der Waals surface area contributed by atoms with Gasteiger partial charge in [0, 0.05) is 237 Å². The summed E-state index contributed by atoms with van der Waals surface area (Å²) in [7, 11) is 10.1. The lowest BCUT2D eigenvalue weighted by Gasteiger charge is -2.29. The molecule has 0 aliphatic carbocycles. The third-order valence-electron chi connectivity index (χ3n) is 24.3. The monoisotopic (exact) mass is 1680 g/mol. The minimum absolute atomic E-state index is 0.264. The average molecular weight is 1690 g/mol. The number of piperidine rings is 2. The fraction of sp³-hybridized carbons (Fsp3) is 0.409. The quantitative estimate of drug-likeness (QED) is 0.0285. The molecule has 0 unspecified atom stereocenters. The molecule has 29 nitrogen and oxygen atoms in total. The Balaban J connectivity index is 0.000000112. The Morgan fingerprint density at radius 3 is 1.36 bits per heavy atom. The maximum Gasteiger partial charge on any atom is 0.307 e. The van der Waals surface area contributed by atoms with E-state index in [9.17, 15) is 8.78 Å². The number of aryl methyl sites for hydroxylation is 5. The van der Waals surface area contributed by atoms with Gasteiger partial charge in [-0.3, -0.25) is 27.0 Å². The molecular formula is C88H114ClF2N28OS+5. The number of piperazine rings is 3. The zero-order valence-corrected chi connectivity index (χ0v) is 71.6. The zero-order chi connectivity index (χ0) is 83.8. The molecule has 121 heavy (non-hydrogen) atoms. The summed E-state index contributed by atoms with van der Waals surface area (Å²) in [5.74, 6) is 5.30. The van der Waals surface area contributed by atoms with Gasteiger partial charge < -0.3 is 54.7 Å². The summed E-state index contributed by atoms with van der Waals surface area (Å²) in [4.78, 5) is 16.3. The van der Waals surface area contributed by atoms with E-state index in [4.69, 9.17) is 43.1 Å². The molecule has 0 radical (unpaired) electrons. The summed E-state index contributed by atoms with van der Waals surface area (Å²) in [6, 6.07) is 31.5. The van der Waals surface area contributed by atoms with Gasteiger partial charge in [0.05, 0.1) is 30.8 Å². The molecule has 5 fully saturated rings. The van der Waals surface area contributed by atoms with E-state index in [2.05, 4.69) is 163 Å². The van der Waals surface area contributed by atoms with Gasteiger partial charge in [0.2, 0.25) is 0 Å². The fourth-order valence-corrected chi connectivity index (χ4v) is 18.3. The van der Waals surface area contributed by atoms with E-state index in [-0.39, 0.29) is 11.6 Å². The topological polar surface area (TPSA) is 248 Å². The Labute approximate surface area is 713 Å². The molecule has 13 aromatic rings. The number of amidine groups is 5. The Morgan fingerprint density at radius 2 is 0.860 bits per heavy atom. The van der Waals surface area contributed by atoms with Crippen LogP contribution in [-0.4, -0.2) is 208 Å². The zero-order valence-electron chi connectivity index (χ0n) is 70.1. The van der Waals surface area contributed by atoms with Crippen LogP contribution in [0.5, 0.6) is 0 Å². The van der Waals surface area contributed by atoms with Crippen molar-refractivity contribution in [3.05, 3.63) is 249 Å². The number of imidazole rings is 3. The van der Waals surface area contributed by atoms with Crippen LogP contribution >= 0.6 is 22.9 Å². The minimum Gasteiger partial charge on any atom is -0.464 e. The highest BCUT2D eigenvalue weighted by molar-refractivity contribution is 7.10. The molecule has 0 bridgehead atoms. The lowest BCUT2D eigenvalue weighted by Crippen LogP contribution is -2.46. The van der Waals surface area contributed by atoms with Crippen LogP contribution in [0.15, 0.2) is 181 Å². The molecule has 17 heterocycles. The number of fused-ring (bicyclic) bond motifs is 5. The normalized spacial score (nSPS) is 16.0. The second-order valence-corrected chi connectivity index (χ2v) is 33.6. The number of nitrogens with one attached hydrogen (secondary N) is 8. The van der Waals surface area contributed by atoms with Crippen LogP contribution in [0, 0.1) is 38.7 Å². The number of nitrogens with zero attached hydrogens (tertiary/aromatic N) is 20. The number of halogens is 3. The predicted molar refractivity (Wildman–Crippen MR) is 466 cm³/mol. The first-order valence-corrected chi connectivity index (χ1v) is 43.6. The molecule has 3 aromatic carbocycles. The van der Waals surface area contributed by atoms with Crippen molar-refractivity contribution in [1.29, 1.82) is 27.0 Å². The van der Waals surface area contributed by atoms with E-state index in [1.165, 1.54) is 59.7 Å². The van der Waals surface area contributed by atoms with Crippen molar-refractivity contribution in [2.45, 2.75) is 84.3 Å². The number of furan rings is 1. The van der Waals surface area contributed by atoms with Gasteiger partial charge in [-0.15, -0.1) is 43.6 Å². The van der Waals surface area contributed by atoms with Crippen LogP contribution in [0.25, 0.3) is 16.9 Å². The molecule has 0 amide bonds. The van der Waals surface area contributed by atoms with Gasteiger partial charge >= 0.3 is 16.9 Å². The Morgan fingerprint density at radius 1 is 0.421 bits per heavy atom. The van der Waals surface area contributed by atoms with E-state index in [0.29, 0.717) is 76.1 Å².